The highest BCUT2D eigenvalue weighted by molar-refractivity contribution is 6.07. The number of urea groups is 1. The molecule has 1 atom stereocenters. The summed E-state index contributed by atoms with van der Waals surface area (Å²) in [5.74, 6) is 0.701. The zero-order valence-electron chi connectivity index (χ0n) is 16.1. The number of carbonyl (C=O) groups is 2. The molecule has 0 radical (unpaired) electrons. The Morgan fingerprint density at radius 3 is 2.70 bits per heavy atom. The van der Waals surface area contributed by atoms with Gasteiger partial charge >= 0.3 is 6.03 Å². The Morgan fingerprint density at radius 2 is 1.87 bits per heavy atom. The fraction of sp³-hybridized carbons (Fsp3) is 0.238. The minimum atomic E-state index is -1.27. The Bertz CT molecular complexity index is 1250. The summed E-state index contributed by atoms with van der Waals surface area (Å²) < 4.78 is 12.5. The van der Waals surface area contributed by atoms with Gasteiger partial charge in [0.1, 0.15) is 24.4 Å². The van der Waals surface area contributed by atoms with Gasteiger partial charge < -0.3 is 14.8 Å². The lowest BCUT2D eigenvalue weighted by atomic mass is 9.91. The van der Waals surface area contributed by atoms with Crippen molar-refractivity contribution in [2.45, 2.75) is 19.0 Å². The number of imide groups is 1. The van der Waals surface area contributed by atoms with Crippen LogP contribution in [0.1, 0.15) is 18.2 Å². The molecule has 5 rings (SSSR count). The second-order valence-corrected chi connectivity index (χ2v) is 7.32. The summed E-state index contributed by atoms with van der Waals surface area (Å²) in [7, 11) is 0. The molecule has 0 saturated carbocycles. The van der Waals surface area contributed by atoms with Crippen LogP contribution in [0.5, 0.6) is 11.5 Å². The Balaban J connectivity index is 1.46. The molecule has 3 aromatic rings. The van der Waals surface area contributed by atoms with E-state index in [1.165, 1.54) is 10.5 Å². The van der Waals surface area contributed by atoms with Crippen molar-refractivity contribution in [3.8, 4) is 11.5 Å². The van der Waals surface area contributed by atoms with Crippen molar-refractivity contribution in [3.05, 3.63) is 70.3 Å². The molecular formula is C21H18N4O5. The SMILES string of the molecule is CC1(c2ccc3c(c2)OCCO3)NC(=O)N(Cc2cc(=O)n3ccccc3n2)C1=O. The van der Waals surface area contributed by atoms with Crippen molar-refractivity contribution in [1.82, 2.24) is 19.6 Å². The van der Waals surface area contributed by atoms with Gasteiger partial charge in [-0.25, -0.2) is 9.78 Å². The van der Waals surface area contributed by atoms with Gasteiger partial charge in [-0.2, -0.15) is 0 Å². The third-order valence-electron chi connectivity index (χ3n) is 5.34. The highest BCUT2D eigenvalue weighted by Gasteiger charge is 2.49. The molecule has 2 aliphatic rings. The topological polar surface area (TPSA) is 102 Å². The highest BCUT2D eigenvalue weighted by atomic mass is 16.6. The van der Waals surface area contributed by atoms with Gasteiger partial charge in [0.2, 0.25) is 0 Å². The average molecular weight is 406 g/mol. The van der Waals surface area contributed by atoms with Crippen molar-refractivity contribution in [1.29, 1.82) is 0 Å². The fourth-order valence-electron chi connectivity index (χ4n) is 3.74. The molecule has 152 valence electrons. The zero-order chi connectivity index (χ0) is 20.9. The summed E-state index contributed by atoms with van der Waals surface area (Å²) >= 11 is 0. The van der Waals surface area contributed by atoms with Crippen molar-refractivity contribution in [2.24, 2.45) is 0 Å². The molecule has 9 nitrogen and oxygen atoms in total. The van der Waals surface area contributed by atoms with Gasteiger partial charge in [0.05, 0.1) is 12.2 Å². The summed E-state index contributed by atoms with van der Waals surface area (Å²) in [5, 5.41) is 2.76. The number of fused-ring (bicyclic) bond motifs is 2. The van der Waals surface area contributed by atoms with Crippen LogP contribution >= 0.6 is 0 Å². The molecule has 0 bridgehead atoms. The van der Waals surface area contributed by atoms with E-state index in [0.29, 0.717) is 41.6 Å². The summed E-state index contributed by atoms with van der Waals surface area (Å²) in [6, 6.07) is 11.1. The first kappa shape index (κ1) is 18.2. The van der Waals surface area contributed by atoms with Crippen LogP contribution in [-0.2, 0) is 16.9 Å². The maximum Gasteiger partial charge on any atom is 0.325 e. The normalized spacial score (nSPS) is 20.5. The van der Waals surface area contributed by atoms with E-state index >= 15 is 0 Å². The number of nitrogens with one attached hydrogen (secondary N) is 1. The molecule has 1 N–H and O–H groups in total. The van der Waals surface area contributed by atoms with Crippen molar-refractivity contribution in [3.63, 3.8) is 0 Å². The number of benzene rings is 1. The van der Waals surface area contributed by atoms with Crippen molar-refractivity contribution >= 4 is 17.6 Å². The first-order valence-corrected chi connectivity index (χ1v) is 9.47. The number of ether oxygens (including phenoxy) is 2. The van der Waals surface area contributed by atoms with Crippen LogP contribution in [0.25, 0.3) is 5.65 Å². The smallest absolute Gasteiger partial charge is 0.325 e. The first-order valence-electron chi connectivity index (χ1n) is 9.47. The van der Waals surface area contributed by atoms with Crippen LogP contribution in [-0.4, -0.2) is 39.4 Å². The van der Waals surface area contributed by atoms with E-state index in [-0.39, 0.29) is 12.1 Å². The molecule has 1 fully saturated rings. The number of pyridine rings is 1. The molecule has 1 aromatic carbocycles. The highest BCUT2D eigenvalue weighted by Crippen LogP contribution is 2.37. The maximum absolute atomic E-state index is 13.2. The molecule has 0 spiro atoms. The minimum Gasteiger partial charge on any atom is -0.486 e. The quantitative estimate of drug-likeness (QED) is 0.661. The lowest BCUT2D eigenvalue weighted by molar-refractivity contribution is -0.131. The monoisotopic (exact) mass is 406 g/mol. The summed E-state index contributed by atoms with van der Waals surface area (Å²) in [6.07, 6.45) is 1.61. The predicted octanol–water partition coefficient (Wildman–Crippen LogP) is 1.43. The maximum atomic E-state index is 13.2. The van der Waals surface area contributed by atoms with Crippen LogP contribution < -0.4 is 20.3 Å². The second-order valence-electron chi connectivity index (χ2n) is 7.32. The van der Waals surface area contributed by atoms with E-state index in [1.807, 2.05) is 0 Å². The number of aromatic nitrogens is 2. The van der Waals surface area contributed by atoms with E-state index in [1.54, 1.807) is 49.5 Å². The van der Waals surface area contributed by atoms with Gasteiger partial charge in [-0.1, -0.05) is 12.1 Å². The number of rotatable bonds is 3. The van der Waals surface area contributed by atoms with Gasteiger partial charge in [0.25, 0.3) is 11.5 Å². The lowest BCUT2D eigenvalue weighted by Crippen LogP contribution is -2.41. The van der Waals surface area contributed by atoms with Crippen LogP contribution in [0.4, 0.5) is 4.79 Å². The third kappa shape index (κ3) is 2.78. The molecular weight excluding hydrogens is 388 g/mol. The number of carbonyl (C=O) groups excluding carboxylic acids is 2. The van der Waals surface area contributed by atoms with Crippen LogP contribution in [0.2, 0.25) is 0 Å². The molecule has 30 heavy (non-hydrogen) atoms. The molecule has 2 aliphatic heterocycles. The summed E-state index contributed by atoms with van der Waals surface area (Å²) in [4.78, 5) is 43.6. The lowest BCUT2D eigenvalue weighted by Gasteiger charge is -2.25. The first-order chi connectivity index (χ1) is 14.5. The van der Waals surface area contributed by atoms with E-state index < -0.39 is 17.5 Å². The second kappa shape index (κ2) is 6.58. The number of hydrogen-bond donors (Lipinski definition) is 1. The van der Waals surface area contributed by atoms with Crippen molar-refractivity contribution in [2.75, 3.05) is 13.2 Å². The van der Waals surface area contributed by atoms with E-state index in [0.717, 1.165) is 4.90 Å². The molecule has 1 unspecified atom stereocenters. The van der Waals surface area contributed by atoms with Gasteiger partial charge in [0.15, 0.2) is 11.5 Å². The standard InChI is InChI=1S/C21H18N4O5/c1-21(13-5-6-15-16(10-13)30-9-8-29-15)19(27)25(20(28)23-21)12-14-11-18(26)24-7-3-2-4-17(24)22-14/h2-7,10-11H,8-9,12H2,1H3,(H,23,28). The van der Waals surface area contributed by atoms with E-state index in [4.69, 9.17) is 9.47 Å². The molecule has 1 saturated heterocycles. The molecule has 9 heteroatoms. The van der Waals surface area contributed by atoms with Crippen LogP contribution in [0, 0.1) is 0 Å². The van der Waals surface area contributed by atoms with Crippen LogP contribution in [0.15, 0.2) is 53.5 Å². The van der Waals surface area contributed by atoms with Gasteiger partial charge in [-0.05, 0) is 36.8 Å². The van der Waals surface area contributed by atoms with Gasteiger partial charge in [-0.15, -0.1) is 0 Å². The third-order valence-corrected chi connectivity index (χ3v) is 5.34. The number of hydrogen-bond acceptors (Lipinski definition) is 6. The zero-order valence-corrected chi connectivity index (χ0v) is 16.1. The van der Waals surface area contributed by atoms with Crippen molar-refractivity contribution < 1.29 is 19.1 Å². The molecule has 3 amide bonds. The summed E-state index contributed by atoms with van der Waals surface area (Å²) in [6.45, 7) is 2.42. The molecule has 2 aromatic heterocycles. The van der Waals surface area contributed by atoms with Crippen LogP contribution in [0.3, 0.4) is 0 Å². The number of nitrogens with zero attached hydrogens (tertiary/aromatic N) is 3. The van der Waals surface area contributed by atoms with Gasteiger partial charge in [-0.3, -0.25) is 18.9 Å². The van der Waals surface area contributed by atoms with E-state index in [2.05, 4.69) is 10.3 Å². The summed E-state index contributed by atoms with van der Waals surface area (Å²) in [5.41, 5.74) is -0.183. The largest absolute Gasteiger partial charge is 0.486 e. The Morgan fingerprint density at radius 1 is 1.07 bits per heavy atom. The Labute approximate surface area is 170 Å². The van der Waals surface area contributed by atoms with E-state index in [9.17, 15) is 14.4 Å². The number of amides is 3. The molecule has 4 heterocycles. The Kier molecular flexibility index (Phi) is 3.99. The molecule has 0 aliphatic carbocycles. The fourth-order valence-corrected chi connectivity index (χ4v) is 3.74. The Hall–Kier alpha value is -3.88. The minimum absolute atomic E-state index is 0.106. The predicted molar refractivity (Wildman–Crippen MR) is 105 cm³/mol. The average Bonchev–Trinajstić information content (AvgIpc) is 2.97. The van der Waals surface area contributed by atoms with Gasteiger partial charge in [0, 0.05) is 12.3 Å².